The number of benzene rings is 2. The van der Waals surface area contributed by atoms with Crippen LogP contribution in [0.5, 0.6) is 0 Å². The summed E-state index contributed by atoms with van der Waals surface area (Å²) in [6.07, 6.45) is 9.15. The molecule has 1 heterocycles. The summed E-state index contributed by atoms with van der Waals surface area (Å²) in [7, 11) is 1.84. The van der Waals surface area contributed by atoms with Crippen LogP contribution in [0, 0.1) is 0 Å². The molecule has 2 heteroatoms. The van der Waals surface area contributed by atoms with Crippen LogP contribution in [0.4, 0.5) is 0 Å². The van der Waals surface area contributed by atoms with Crippen LogP contribution in [0.1, 0.15) is 6.42 Å². The van der Waals surface area contributed by atoms with Crippen LogP contribution in [0.25, 0.3) is 0 Å². The van der Waals surface area contributed by atoms with Gasteiger partial charge >= 0.3 is 0 Å². The van der Waals surface area contributed by atoms with Gasteiger partial charge < -0.3 is 4.90 Å². The number of nitrogens with zero attached hydrogens (tertiary/aromatic N) is 1. The minimum atomic E-state index is -0.275. The number of hydrogen-bond donors (Lipinski definition) is 0. The Labute approximate surface area is 134 Å². The van der Waals surface area contributed by atoms with Crippen LogP contribution in [0.3, 0.4) is 0 Å². The minimum Gasteiger partial charge on any atom is -0.377 e. The van der Waals surface area contributed by atoms with E-state index in [9.17, 15) is 0 Å². The average molecular weight is 307 g/mol. The van der Waals surface area contributed by atoms with Gasteiger partial charge in [0.1, 0.15) is 0 Å². The first-order valence-corrected chi connectivity index (χ1v) is 9.31. The molecule has 0 spiro atoms. The van der Waals surface area contributed by atoms with Crippen molar-refractivity contribution in [3.63, 3.8) is 0 Å². The molecule has 1 aliphatic rings. The quantitative estimate of drug-likeness (QED) is 0.757. The summed E-state index contributed by atoms with van der Waals surface area (Å²) in [5.74, 6) is 0. The van der Waals surface area contributed by atoms with Crippen LogP contribution in [-0.4, -0.2) is 24.7 Å². The molecule has 0 saturated carbocycles. The molecule has 2 aromatic rings. The molecule has 1 aliphatic heterocycles. The Morgan fingerprint density at radius 2 is 1.50 bits per heavy atom. The molecule has 0 N–H and O–H groups in total. The summed E-state index contributed by atoms with van der Waals surface area (Å²) in [4.78, 5) is 2.21. The van der Waals surface area contributed by atoms with Gasteiger partial charge in [-0.05, 0) is 49.0 Å². The van der Waals surface area contributed by atoms with E-state index in [2.05, 4.69) is 91.0 Å². The van der Waals surface area contributed by atoms with Gasteiger partial charge in [0.2, 0.25) is 0 Å². The van der Waals surface area contributed by atoms with Crippen LogP contribution < -0.4 is 10.6 Å². The van der Waals surface area contributed by atoms with Gasteiger partial charge in [-0.3, -0.25) is 0 Å². The fourth-order valence-electron chi connectivity index (χ4n) is 2.66. The average Bonchev–Trinajstić information content (AvgIpc) is 2.59. The van der Waals surface area contributed by atoms with E-state index in [1.165, 1.54) is 22.3 Å². The zero-order valence-electron chi connectivity index (χ0n) is 13.0. The SMILES string of the molecule is CN1C=CC(CCP(c2ccccc2)c2ccccc2)=CC1. The first-order chi connectivity index (χ1) is 10.8. The Bertz CT molecular complexity index is 606. The summed E-state index contributed by atoms with van der Waals surface area (Å²) < 4.78 is 0. The summed E-state index contributed by atoms with van der Waals surface area (Å²) in [6.45, 7) is 1.03. The number of hydrogen-bond acceptors (Lipinski definition) is 1. The van der Waals surface area contributed by atoms with Crippen molar-refractivity contribution in [1.29, 1.82) is 0 Å². The Morgan fingerprint density at radius 3 is 2.00 bits per heavy atom. The first kappa shape index (κ1) is 15.1. The Morgan fingerprint density at radius 1 is 0.909 bits per heavy atom. The van der Waals surface area contributed by atoms with E-state index in [1.807, 2.05) is 0 Å². The number of allylic oxidation sites excluding steroid dienone is 2. The molecule has 0 bridgehead atoms. The highest BCUT2D eigenvalue weighted by Gasteiger charge is 2.14. The molecule has 0 fully saturated rings. The molecule has 0 aromatic heterocycles. The monoisotopic (exact) mass is 307 g/mol. The summed E-state index contributed by atoms with van der Waals surface area (Å²) in [5.41, 5.74) is 1.47. The Kier molecular flexibility index (Phi) is 5.08. The van der Waals surface area contributed by atoms with Crippen LogP contribution >= 0.6 is 7.92 Å². The highest BCUT2D eigenvalue weighted by Crippen LogP contribution is 2.35. The first-order valence-electron chi connectivity index (χ1n) is 7.78. The molecule has 0 amide bonds. The van der Waals surface area contributed by atoms with Crippen LogP contribution in [0.15, 0.2) is 84.6 Å². The Balaban J connectivity index is 1.77. The van der Waals surface area contributed by atoms with E-state index >= 15 is 0 Å². The lowest BCUT2D eigenvalue weighted by molar-refractivity contribution is 0.501. The van der Waals surface area contributed by atoms with Gasteiger partial charge in [-0.25, -0.2) is 0 Å². The maximum atomic E-state index is 2.35. The topological polar surface area (TPSA) is 3.24 Å². The van der Waals surface area contributed by atoms with Crippen molar-refractivity contribution in [1.82, 2.24) is 4.90 Å². The van der Waals surface area contributed by atoms with E-state index in [0.29, 0.717) is 0 Å². The maximum absolute atomic E-state index is 2.35. The summed E-state index contributed by atoms with van der Waals surface area (Å²) in [6, 6.07) is 21.9. The van der Waals surface area contributed by atoms with E-state index in [4.69, 9.17) is 0 Å². The lowest BCUT2D eigenvalue weighted by atomic mass is 10.1. The van der Waals surface area contributed by atoms with Gasteiger partial charge in [-0.15, -0.1) is 0 Å². The molecule has 22 heavy (non-hydrogen) atoms. The normalized spacial score (nSPS) is 14.3. The lowest BCUT2D eigenvalue weighted by Crippen LogP contribution is -2.16. The van der Waals surface area contributed by atoms with E-state index in [-0.39, 0.29) is 7.92 Å². The zero-order valence-corrected chi connectivity index (χ0v) is 13.9. The van der Waals surface area contributed by atoms with E-state index in [0.717, 1.165) is 13.0 Å². The molecule has 0 atom stereocenters. The molecular weight excluding hydrogens is 285 g/mol. The number of likely N-dealkylation sites (N-methyl/N-ethyl adjacent to an activating group) is 1. The van der Waals surface area contributed by atoms with Gasteiger partial charge in [0.25, 0.3) is 0 Å². The third kappa shape index (κ3) is 3.87. The molecule has 112 valence electrons. The molecule has 0 saturated heterocycles. The van der Waals surface area contributed by atoms with Crippen LogP contribution in [0.2, 0.25) is 0 Å². The molecule has 0 unspecified atom stereocenters. The highest BCUT2D eigenvalue weighted by atomic mass is 31.1. The molecule has 2 aromatic carbocycles. The fraction of sp³-hybridized carbons (Fsp3) is 0.200. The predicted octanol–water partition coefficient (Wildman–Crippen LogP) is 3.89. The van der Waals surface area contributed by atoms with Crippen LogP contribution in [-0.2, 0) is 0 Å². The van der Waals surface area contributed by atoms with Gasteiger partial charge in [-0.2, -0.15) is 0 Å². The molecule has 0 radical (unpaired) electrons. The van der Waals surface area contributed by atoms with E-state index in [1.54, 1.807) is 0 Å². The molecule has 0 aliphatic carbocycles. The van der Waals surface area contributed by atoms with Gasteiger partial charge in [0.15, 0.2) is 0 Å². The highest BCUT2D eigenvalue weighted by molar-refractivity contribution is 7.73. The molecule has 1 nitrogen and oxygen atoms in total. The molecular formula is C20H22NP. The smallest absolute Gasteiger partial charge is 0.0356 e. The van der Waals surface area contributed by atoms with Crippen molar-refractivity contribution < 1.29 is 0 Å². The number of rotatable bonds is 5. The second-order valence-corrected chi connectivity index (χ2v) is 7.94. The lowest BCUT2D eigenvalue weighted by Gasteiger charge is -2.21. The van der Waals surface area contributed by atoms with Crippen molar-refractivity contribution in [2.24, 2.45) is 0 Å². The van der Waals surface area contributed by atoms with Gasteiger partial charge in [0.05, 0.1) is 0 Å². The van der Waals surface area contributed by atoms with Crippen molar-refractivity contribution in [3.8, 4) is 0 Å². The van der Waals surface area contributed by atoms with Gasteiger partial charge in [0, 0.05) is 13.6 Å². The van der Waals surface area contributed by atoms with Crippen molar-refractivity contribution >= 4 is 18.5 Å². The summed E-state index contributed by atoms with van der Waals surface area (Å²) >= 11 is 0. The second-order valence-electron chi connectivity index (χ2n) is 5.61. The standard InChI is InChI=1S/C20H22NP/c1-21-15-12-18(13-16-21)14-17-22(19-8-4-2-5-9-19)20-10-6-3-7-11-20/h2-13,15H,14,16-17H2,1H3. The Hall–Kier alpha value is -1.85. The third-order valence-corrected chi connectivity index (χ3v) is 6.46. The van der Waals surface area contributed by atoms with E-state index < -0.39 is 0 Å². The predicted molar refractivity (Wildman–Crippen MR) is 98.4 cm³/mol. The second kappa shape index (κ2) is 7.42. The summed E-state index contributed by atoms with van der Waals surface area (Å²) in [5, 5.41) is 2.95. The van der Waals surface area contributed by atoms with Crippen molar-refractivity contribution in [2.75, 3.05) is 19.8 Å². The largest absolute Gasteiger partial charge is 0.377 e. The third-order valence-electron chi connectivity index (χ3n) is 3.94. The zero-order chi connectivity index (χ0) is 15.2. The fourth-order valence-corrected chi connectivity index (χ4v) is 5.02. The van der Waals surface area contributed by atoms with Crippen molar-refractivity contribution in [2.45, 2.75) is 6.42 Å². The molecule has 3 rings (SSSR count). The van der Waals surface area contributed by atoms with Crippen molar-refractivity contribution in [3.05, 3.63) is 84.6 Å². The van der Waals surface area contributed by atoms with Gasteiger partial charge in [-0.1, -0.05) is 66.7 Å². The maximum Gasteiger partial charge on any atom is 0.0356 e. The minimum absolute atomic E-state index is 0.275.